The normalized spacial score (nSPS) is 21.3. The van der Waals surface area contributed by atoms with Crippen LogP contribution in [0.4, 0.5) is 0 Å². The molecule has 1 aromatic carbocycles. The van der Waals surface area contributed by atoms with Crippen LogP contribution < -0.4 is 10.5 Å². The van der Waals surface area contributed by atoms with Gasteiger partial charge in [0.15, 0.2) is 11.5 Å². The molecular weight excluding hydrogens is 269 g/mol. The Hall–Kier alpha value is -1.24. The monoisotopic (exact) mass is 293 g/mol. The number of rotatable bonds is 4. The lowest BCUT2D eigenvalue weighted by molar-refractivity contribution is 0.00578. The quantitative estimate of drug-likeness (QED) is 0.834. The standard InChI is InChI=1S/C15H24BNO4/c1-6-19-11-9-7-8-10(12(11)18)13(17)16-20-14(2,3)15(4,5)21-16/h7-9,13,18H,6,17H2,1-5H3/t13-/m0/s1. The summed E-state index contributed by atoms with van der Waals surface area (Å²) in [5.74, 6) is -0.130. The van der Waals surface area contributed by atoms with Gasteiger partial charge in [-0.15, -0.1) is 0 Å². The minimum absolute atomic E-state index is 0.0431. The van der Waals surface area contributed by atoms with Crippen LogP contribution in [0.1, 0.15) is 46.1 Å². The average Bonchev–Trinajstić information content (AvgIpc) is 2.60. The fourth-order valence-electron chi connectivity index (χ4n) is 2.26. The van der Waals surface area contributed by atoms with Crippen molar-refractivity contribution < 1.29 is 19.2 Å². The van der Waals surface area contributed by atoms with Gasteiger partial charge < -0.3 is 24.9 Å². The number of hydrogen-bond donors (Lipinski definition) is 2. The van der Waals surface area contributed by atoms with Crippen LogP contribution in [0.25, 0.3) is 0 Å². The number of para-hydroxylation sites is 1. The van der Waals surface area contributed by atoms with E-state index in [-0.39, 0.29) is 5.75 Å². The van der Waals surface area contributed by atoms with Crippen molar-refractivity contribution in [2.75, 3.05) is 6.61 Å². The number of hydrogen-bond acceptors (Lipinski definition) is 5. The molecule has 2 rings (SSSR count). The number of phenols is 1. The maximum absolute atomic E-state index is 10.3. The van der Waals surface area contributed by atoms with Crippen molar-refractivity contribution in [1.29, 1.82) is 0 Å². The van der Waals surface area contributed by atoms with Crippen LogP contribution in [0, 0.1) is 0 Å². The molecule has 21 heavy (non-hydrogen) atoms. The molecule has 0 radical (unpaired) electrons. The van der Waals surface area contributed by atoms with Gasteiger partial charge in [0.1, 0.15) is 0 Å². The highest BCUT2D eigenvalue weighted by Crippen LogP contribution is 2.42. The molecule has 1 saturated heterocycles. The first-order valence-electron chi connectivity index (χ1n) is 7.25. The van der Waals surface area contributed by atoms with Crippen LogP contribution in [0.3, 0.4) is 0 Å². The number of aromatic hydroxyl groups is 1. The molecule has 1 heterocycles. The van der Waals surface area contributed by atoms with E-state index in [0.29, 0.717) is 17.9 Å². The zero-order valence-corrected chi connectivity index (χ0v) is 13.3. The van der Waals surface area contributed by atoms with Gasteiger partial charge in [-0.25, -0.2) is 0 Å². The third kappa shape index (κ3) is 2.88. The van der Waals surface area contributed by atoms with Gasteiger partial charge in [0.25, 0.3) is 0 Å². The van der Waals surface area contributed by atoms with Gasteiger partial charge in [-0.3, -0.25) is 0 Å². The van der Waals surface area contributed by atoms with Crippen molar-refractivity contribution in [3.8, 4) is 11.5 Å². The molecule has 116 valence electrons. The number of phenolic OH excluding ortho intramolecular Hbond substituents is 1. The molecule has 1 fully saturated rings. The average molecular weight is 293 g/mol. The fourth-order valence-corrected chi connectivity index (χ4v) is 2.26. The Labute approximate surface area is 126 Å². The first-order valence-corrected chi connectivity index (χ1v) is 7.25. The zero-order chi connectivity index (χ0) is 15.8. The molecule has 0 spiro atoms. The van der Waals surface area contributed by atoms with Crippen molar-refractivity contribution in [3.05, 3.63) is 23.8 Å². The molecular formula is C15H24BNO4. The molecule has 1 aliphatic rings. The van der Waals surface area contributed by atoms with Crippen molar-refractivity contribution in [3.63, 3.8) is 0 Å². The summed E-state index contributed by atoms with van der Waals surface area (Å²) in [7, 11) is -0.613. The van der Waals surface area contributed by atoms with Crippen molar-refractivity contribution >= 4 is 7.12 Å². The van der Waals surface area contributed by atoms with E-state index in [2.05, 4.69) is 0 Å². The van der Waals surface area contributed by atoms with Crippen molar-refractivity contribution in [2.24, 2.45) is 5.73 Å². The summed E-state index contributed by atoms with van der Waals surface area (Å²) in [6.07, 6.45) is 0. The molecule has 1 aromatic rings. The SMILES string of the molecule is CCOc1cccc([C@H](N)B2OC(C)(C)C(C)(C)O2)c1O. The number of benzene rings is 1. The highest BCUT2D eigenvalue weighted by molar-refractivity contribution is 6.47. The highest BCUT2D eigenvalue weighted by Gasteiger charge is 2.53. The maximum atomic E-state index is 10.3. The van der Waals surface area contributed by atoms with E-state index in [1.165, 1.54) is 0 Å². The summed E-state index contributed by atoms with van der Waals surface area (Å²) in [5, 5.41) is 10.3. The third-order valence-electron chi connectivity index (χ3n) is 4.25. The lowest BCUT2D eigenvalue weighted by Crippen LogP contribution is -2.41. The Morgan fingerprint density at radius 2 is 1.81 bits per heavy atom. The van der Waals surface area contributed by atoms with Crippen molar-refractivity contribution in [2.45, 2.75) is 51.8 Å². The van der Waals surface area contributed by atoms with E-state index in [1.807, 2.05) is 34.6 Å². The van der Waals surface area contributed by atoms with E-state index in [4.69, 9.17) is 19.8 Å². The summed E-state index contributed by atoms with van der Waals surface area (Å²) in [6, 6.07) is 5.26. The van der Waals surface area contributed by atoms with E-state index in [9.17, 15) is 5.11 Å². The topological polar surface area (TPSA) is 73.9 Å². The molecule has 0 aliphatic carbocycles. The van der Waals surface area contributed by atoms with Gasteiger partial charge in [-0.2, -0.15) is 0 Å². The Morgan fingerprint density at radius 3 is 2.33 bits per heavy atom. The van der Waals surface area contributed by atoms with Crippen LogP contribution in [0.2, 0.25) is 0 Å². The van der Waals surface area contributed by atoms with Crippen LogP contribution in [-0.2, 0) is 9.31 Å². The van der Waals surface area contributed by atoms with E-state index < -0.39 is 24.3 Å². The predicted octanol–water partition coefficient (Wildman–Crippen LogP) is 2.42. The summed E-state index contributed by atoms with van der Waals surface area (Å²) in [6.45, 7) is 10.2. The summed E-state index contributed by atoms with van der Waals surface area (Å²) < 4.78 is 17.3. The largest absolute Gasteiger partial charge is 0.504 e. The molecule has 1 atom stereocenters. The highest BCUT2D eigenvalue weighted by atomic mass is 16.7. The Bertz CT molecular complexity index is 502. The number of ether oxygens (including phenoxy) is 1. The lowest BCUT2D eigenvalue weighted by atomic mass is 9.74. The van der Waals surface area contributed by atoms with Gasteiger partial charge in [0, 0.05) is 5.56 Å². The molecule has 0 bridgehead atoms. The van der Waals surface area contributed by atoms with Gasteiger partial charge in [-0.1, -0.05) is 12.1 Å². The second-order valence-corrected chi connectivity index (χ2v) is 6.28. The first kappa shape index (κ1) is 16.1. The van der Waals surface area contributed by atoms with Crippen LogP contribution in [-0.4, -0.2) is 30.0 Å². The van der Waals surface area contributed by atoms with Crippen molar-refractivity contribution in [1.82, 2.24) is 0 Å². The van der Waals surface area contributed by atoms with E-state index in [0.717, 1.165) is 0 Å². The molecule has 0 amide bonds. The predicted molar refractivity (Wildman–Crippen MR) is 82.3 cm³/mol. The Morgan fingerprint density at radius 1 is 1.24 bits per heavy atom. The summed E-state index contributed by atoms with van der Waals surface area (Å²) in [5.41, 5.74) is 5.89. The molecule has 0 aromatic heterocycles. The second-order valence-electron chi connectivity index (χ2n) is 6.28. The van der Waals surface area contributed by atoms with Gasteiger partial charge in [0.05, 0.1) is 23.8 Å². The van der Waals surface area contributed by atoms with Crippen LogP contribution in [0.5, 0.6) is 11.5 Å². The minimum Gasteiger partial charge on any atom is -0.504 e. The zero-order valence-electron chi connectivity index (χ0n) is 13.3. The number of nitrogens with two attached hydrogens (primary N) is 1. The van der Waals surface area contributed by atoms with Crippen LogP contribution >= 0.6 is 0 Å². The summed E-state index contributed by atoms with van der Waals surface area (Å²) in [4.78, 5) is 0. The van der Waals surface area contributed by atoms with Crippen LogP contribution in [0.15, 0.2) is 18.2 Å². The van der Waals surface area contributed by atoms with Gasteiger partial charge in [-0.05, 0) is 40.7 Å². The third-order valence-corrected chi connectivity index (χ3v) is 4.25. The molecule has 1 aliphatic heterocycles. The molecule has 0 unspecified atom stereocenters. The second kappa shape index (κ2) is 5.52. The van der Waals surface area contributed by atoms with E-state index >= 15 is 0 Å². The molecule has 5 nitrogen and oxygen atoms in total. The van der Waals surface area contributed by atoms with Gasteiger partial charge >= 0.3 is 7.12 Å². The maximum Gasteiger partial charge on any atom is 0.480 e. The van der Waals surface area contributed by atoms with E-state index in [1.54, 1.807) is 18.2 Å². The van der Waals surface area contributed by atoms with Gasteiger partial charge in [0.2, 0.25) is 0 Å². The Balaban J connectivity index is 2.26. The minimum atomic E-state index is -0.613. The molecule has 6 heteroatoms. The molecule has 3 N–H and O–H groups in total. The first-order chi connectivity index (χ1) is 9.69. The molecule has 0 saturated carbocycles. The Kier molecular flexibility index (Phi) is 4.24. The fraction of sp³-hybridized carbons (Fsp3) is 0.600. The lowest BCUT2D eigenvalue weighted by Gasteiger charge is -2.32. The summed E-state index contributed by atoms with van der Waals surface area (Å²) >= 11 is 0. The smallest absolute Gasteiger partial charge is 0.480 e.